The van der Waals surface area contributed by atoms with E-state index in [2.05, 4.69) is 27.2 Å². The van der Waals surface area contributed by atoms with Gasteiger partial charge in [-0.15, -0.1) is 0 Å². The van der Waals surface area contributed by atoms with E-state index in [1.807, 2.05) is 24.1 Å². The van der Waals surface area contributed by atoms with Gasteiger partial charge in [-0.3, -0.25) is 9.97 Å². The third kappa shape index (κ3) is 5.59. The lowest BCUT2D eigenvalue weighted by molar-refractivity contribution is 0.148. The zero-order valence-electron chi connectivity index (χ0n) is 16.9. The molecule has 29 heavy (non-hydrogen) atoms. The molecule has 1 fully saturated rings. The number of hydrogen-bond donors (Lipinski definition) is 1. The van der Waals surface area contributed by atoms with Crippen LogP contribution in [-0.4, -0.2) is 65.6 Å². The van der Waals surface area contributed by atoms with Gasteiger partial charge in [0.2, 0.25) is 0 Å². The quantitative estimate of drug-likeness (QED) is 0.693. The van der Waals surface area contributed by atoms with Crippen molar-refractivity contribution in [1.29, 1.82) is 0 Å². The Bertz CT molecular complexity index is 825. The third-order valence-electron chi connectivity index (χ3n) is 5.46. The molecular formula is C21H27Cl2N5O. The number of carbonyl (C=O) groups is 1. The predicted molar refractivity (Wildman–Crippen MR) is 117 cm³/mol. The second-order valence-corrected chi connectivity index (χ2v) is 8.23. The van der Waals surface area contributed by atoms with Gasteiger partial charge in [0.15, 0.2) is 0 Å². The molecule has 1 N–H and O–H groups in total. The largest absolute Gasteiger partial charge is 0.338 e. The van der Waals surface area contributed by atoms with E-state index in [0.29, 0.717) is 28.3 Å². The summed E-state index contributed by atoms with van der Waals surface area (Å²) in [5.41, 5.74) is 2.42. The molecule has 2 aromatic rings. The van der Waals surface area contributed by atoms with E-state index in [0.717, 1.165) is 49.9 Å². The number of aromatic nitrogens is 2. The first-order valence-corrected chi connectivity index (χ1v) is 10.7. The number of hydrogen-bond acceptors (Lipinski definition) is 4. The van der Waals surface area contributed by atoms with E-state index < -0.39 is 0 Å². The molecule has 0 bridgehead atoms. The van der Waals surface area contributed by atoms with E-state index in [4.69, 9.17) is 23.2 Å². The Morgan fingerprint density at radius 1 is 1.24 bits per heavy atom. The van der Waals surface area contributed by atoms with Crippen molar-refractivity contribution >= 4 is 29.2 Å². The highest BCUT2D eigenvalue weighted by Crippen LogP contribution is 2.35. The normalized spacial score (nSPS) is 15.3. The Balaban J connectivity index is 1.49. The molecule has 0 atom stereocenters. The molecule has 0 unspecified atom stereocenters. The first-order chi connectivity index (χ1) is 14.0. The predicted octanol–water partition coefficient (Wildman–Crippen LogP) is 4.12. The summed E-state index contributed by atoms with van der Waals surface area (Å²) in [5.74, 6) is 0. The number of rotatable bonds is 6. The summed E-state index contributed by atoms with van der Waals surface area (Å²) >= 11 is 12.9. The van der Waals surface area contributed by atoms with E-state index >= 15 is 0 Å². The molecule has 0 spiro atoms. The van der Waals surface area contributed by atoms with Crippen molar-refractivity contribution in [2.24, 2.45) is 0 Å². The van der Waals surface area contributed by atoms with Crippen LogP contribution in [0.25, 0.3) is 11.3 Å². The van der Waals surface area contributed by atoms with Crippen molar-refractivity contribution in [2.45, 2.75) is 31.7 Å². The monoisotopic (exact) mass is 435 g/mol. The molecule has 156 valence electrons. The lowest BCUT2D eigenvalue weighted by atomic mass is 10.0. The van der Waals surface area contributed by atoms with Crippen molar-refractivity contribution in [3.63, 3.8) is 0 Å². The maximum Gasteiger partial charge on any atom is 0.317 e. The highest BCUT2D eigenvalue weighted by atomic mass is 35.5. The van der Waals surface area contributed by atoms with E-state index in [1.165, 1.54) is 0 Å². The summed E-state index contributed by atoms with van der Waals surface area (Å²) in [6, 6.07) is 4.18. The van der Waals surface area contributed by atoms with E-state index in [-0.39, 0.29) is 6.03 Å². The summed E-state index contributed by atoms with van der Waals surface area (Å²) in [4.78, 5) is 24.9. The number of likely N-dealkylation sites (tertiary alicyclic amines) is 1. The molecule has 0 aliphatic carbocycles. The molecule has 1 aliphatic rings. The number of urea groups is 1. The van der Waals surface area contributed by atoms with Crippen molar-refractivity contribution < 1.29 is 4.79 Å². The zero-order valence-corrected chi connectivity index (χ0v) is 18.4. The molecule has 2 heterocycles. The Morgan fingerprint density at radius 3 is 2.69 bits per heavy atom. The second-order valence-electron chi connectivity index (χ2n) is 7.47. The van der Waals surface area contributed by atoms with Gasteiger partial charge < -0.3 is 15.1 Å². The summed E-state index contributed by atoms with van der Waals surface area (Å²) in [7, 11) is 4.00. The van der Waals surface area contributed by atoms with Crippen LogP contribution in [0.5, 0.6) is 0 Å². The zero-order chi connectivity index (χ0) is 20.8. The number of nitrogens with one attached hydrogen (secondary N) is 1. The molecule has 1 aromatic heterocycles. The second kappa shape index (κ2) is 10.2. The van der Waals surface area contributed by atoms with Crippen LogP contribution >= 0.6 is 23.2 Å². The molecule has 3 rings (SSSR count). The van der Waals surface area contributed by atoms with Gasteiger partial charge in [0.05, 0.1) is 21.9 Å². The Morgan fingerprint density at radius 2 is 2.00 bits per heavy atom. The molecule has 6 nitrogen and oxygen atoms in total. The van der Waals surface area contributed by atoms with Crippen molar-refractivity contribution in [2.75, 3.05) is 33.7 Å². The average Bonchev–Trinajstić information content (AvgIpc) is 2.74. The van der Waals surface area contributed by atoms with Crippen molar-refractivity contribution in [3.05, 3.63) is 46.3 Å². The summed E-state index contributed by atoms with van der Waals surface area (Å²) in [5, 5.41) is 4.03. The van der Waals surface area contributed by atoms with Gasteiger partial charge in [0, 0.05) is 37.6 Å². The minimum absolute atomic E-state index is 0.0123. The first kappa shape index (κ1) is 21.8. The molecule has 1 aromatic carbocycles. The summed E-state index contributed by atoms with van der Waals surface area (Å²) in [6.45, 7) is 2.66. The lowest BCUT2D eigenvalue weighted by Gasteiger charge is -2.35. The van der Waals surface area contributed by atoms with Gasteiger partial charge >= 0.3 is 6.03 Å². The first-order valence-electron chi connectivity index (χ1n) is 9.90. The third-order valence-corrected chi connectivity index (χ3v) is 6.38. The summed E-state index contributed by atoms with van der Waals surface area (Å²) < 4.78 is 0. The SMILES string of the molecule is CN1CCC(N(C)C(=O)NCCCc2ccc(-c3cnccn3)c(Cl)c2Cl)CC1. The molecule has 8 heteroatoms. The number of piperidine rings is 1. The lowest BCUT2D eigenvalue weighted by Crippen LogP contribution is -2.48. The van der Waals surface area contributed by atoms with Crippen molar-refractivity contribution in [3.8, 4) is 11.3 Å². The van der Waals surface area contributed by atoms with Crippen LogP contribution in [-0.2, 0) is 6.42 Å². The van der Waals surface area contributed by atoms with Gasteiger partial charge in [-0.05, 0) is 51.4 Å². The van der Waals surface area contributed by atoms with E-state index in [1.54, 1.807) is 18.6 Å². The number of halogens is 2. The number of benzene rings is 1. The van der Waals surface area contributed by atoms with Crippen LogP contribution in [0.15, 0.2) is 30.7 Å². The number of carbonyl (C=O) groups excluding carboxylic acids is 1. The van der Waals surface area contributed by atoms with Gasteiger partial charge in [-0.2, -0.15) is 0 Å². The molecule has 1 saturated heterocycles. The average molecular weight is 436 g/mol. The minimum Gasteiger partial charge on any atom is -0.338 e. The van der Waals surface area contributed by atoms with Gasteiger partial charge in [-0.1, -0.05) is 35.3 Å². The molecule has 1 aliphatic heterocycles. The van der Waals surface area contributed by atoms with Crippen LogP contribution in [0.2, 0.25) is 10.0 Å². The number of aryl methyl sites for hydroxylation is 1. The minimum atomic E-state index is -0.0123. The van der Waals surface area contributed by atoms with Crippen LogP contribution in [0, 0.1) is 0 Å². The molecule has 2 amide bonds. The standard InChI is InChI=1S/C21H27Cl2N5O/c1-27-12-7-16(8-13-27)28(2)21(29)26-9-3-4-15-5-6-17(20(23)19(15)22)18-14-24-10-11-25-18/h5-6,10-11,14,16H,3-4,7-9,12-13H2,1-2H3,(H,26,29). The van der Waals surface area contributed by atoms with E-state index in [9.17, 15) is 4.79 Å². The highest BCUT2D eigenvalue weighted by molar-refractivity contribution is 6.44. The summed E-state index contributed by atoms with van der Waals surface area (Å²) in [6.07, 6.45) is 8.46. The Hall–Kier alpha value is -1.89. The van der Waals surface area contributed by atoms with Crippen LogP contribution in [0.3, 0.4) is 0 Å². The van der Waals surface area contributed by atoms with Crippen LogP contribution < -0.4 is 5.32 Å². The maximum atomic E-state index is 12.4. The fourth-order valence-corrected chi connectivity index (χ4v) is 4.11. The van der Waals surface area contributed by atoms with Crippen LogP contribution in [0.1, 0.15) is 24.8 Å². The van der Waals surface area contributed by atoms with Crippen LogP contribution in [0.4, 0.5) is 4.79 Å². The molecule has 0 radical (unpaired) electrons. The highest BCUT2D eigenvalue weighted by Gasteiger charge is 2.23. The molecule has 0 saturated carbocycles. The van der Waals surface area contributed by atoms with Gasteiger partial charge in [0.25, 0.3) is 0 Å². The maximum absolute atomic E-state index is 12.4. The number of amides is 2. The van der Waals surface area contributed by atoms with Crippen molar-refractivity contribution in [1.82, 2.24) is 25.1 Å². The fourth-order valence-electron chi connectivity index (χ4n) is 3.57. The topological polar surface area (TPSA) is 61.4 Å². The van der Waals surface area contributed by atoms with Gasteiger partial charge in [-0.25, -0.2) is 4.79 Å². The number of nitrogens with zero attached hydrogens (tertiary/aromatic N) is 4. The Labute approximate surface area is 182 Å². The van der Waals surface area contributed by atoms with Gasteiger partial charge in [0.1, 0.15) is 0 Å². The fraction of sp³-hybridized carbons (Fsp3) is 0.476. The Kier molecular flexibility index (Phi) is 7.70. The smallest absolute Gasteiger partial charge is 0.317 e. The molecular weight excluding hydrogens is 409 g/mol.